The molecule has 196 valence electrons. The van der Waals surface area contributed by atoms with E-state index in [-0.39, 0.29) is 72.5 Å². The van der Waals surface area contributed by atoms with Crippen LogP contribution in [0.2, 0.25) is 0 Å². The van der Waals surface area contributed by atoms with E-state index in [1.807, 2.05) is 0 Å². The summed E-state index contributed by atoms with van der Waals surface area (Å²) in [5, 5.41) is 0. The molecular weight excluding hydrogens is 464 g/mol. The minimum Gasteiger partial charge on any atom is -0.463 e. The lowest BCUT2D eigenvalue weighted by Crippen LogP contribution is -2.40. The van der Waals surface area contributed by atoms with Gasteiger partial charge in [-0.15, -0.1) is 0 Å². The van der Waals surface area contributed by atoms with Crippen LogP contribution in [0, 0.1) is 5.41 Å². The van der Waals surface area contributed by atoms with Gasteiger partial charge in [-0.3, -0.25) is 0 Å². The van der Waals surface area contributed by atoms with E-state index in [4.69, 9.17) is 33.2 Å². The summed E-state index contributed by atoms with van der Waals surface area (Å²) >= 11 is 0. The lowest BCUT2D eigenvalue weighted by Gasteiger charge is -2.33. The van der Waals surface area contributed by atoms with Gasteiger partial charge in [0, 0.05) is 29.7 Å². The van der Waals surface area contributed by atoms with Crippen molar-refractivity contribution in [2.45, 2.75) is 6.42 Å². The third kappa shape index (κ3) is 16.9. The van der Waals surface area contributed by atoms with E-state index in [1.54, 1.807) is 0 Å². The summed E-state index contributed by atoms with van der Waals surface area (Å²) in [4.78, 5) is 45.0. The summed E-state index contributed by atoms with van der Waals surface area (Å²) in [5.74, 6) is -2.33. The Balaban J connectivity index is 5.09. The van der Waals surface area contributed by atoms with Crippen molar-refractivity contribution >= 4 is 23.9 Å². The van der Waals surface area contributed by atoms with E-state index in [9.17, 15) is 19.2 Å². The van der Waals surface area contributed by atoms with Crippen LogP contribution in [-0.4, -0.2) is 89.9 Å². The Kier molecular flexibility index (Phi) is 18.2. The molecule has 0 N–H and O–H groups in total. The lowest BCUT2D eigenvalue weighted by molar-refractivity contribution is -0.144. The summed E-state index contributed by atoms with van der Waals surface area (Å²) in [6.07, 6.45) is 4.44. The van der Waals surface area contributed by atoms with E-state index < -0.39 is 29.3 Å². The summed E-state index contributed by atoms with van der Waals surface area (Å²) in [5.41, 5.74) is -0.811. The molecule has 0 unspecified atom stereocenters. The van der Waals surface area contributed by atoms with Gasteiger partial charge in [-0.2, -0.15) is 0 Å². The second kappa shape index (κ2) is 20.1. The predicted octanol–water partition coefficient (Wildman–Crippen LogP) is 1.33. The van der Waals surface area contributed by atoms with Gasteiger partial charge in [0.05, 0.1) is 46.2 Å². The molecule has 0 aromatic rings. The van der Waals surface area contributed by atoms with Crippen molar-refractivity contribution < 1.29 is 52.3 Å². The molecule has 11 nitrogen and oxygen atoms in total. The van der Waals surface area contributed by atoms with Crippen LogP contribution in [0.15, 0.2) is 50.6 Å². The maximum Gasteiger partial charge on any atom is 0.330 e. The second-order valence-electron chi connectivity index (χ2n) is 6.89. The predicted molar refractivity (Wildman–Crippen MR) is 124 cm³/mol. The Hall–Kier alpha value is -3.28. The van der Waals surface area contributed by atoms with Gasteiger partial charge < -0.3 is 33.2 Å². The smallest absolute Gasteiger partial charge is 0.330 e. The van der Waals surface area contributed by atoms with Crippen LogP contribution in [0.1, 0.15) is 6.42 Å². The number of carbonyl (C=O) groups is 4. The zero-order valence-electron chi connectivity index (χ0n) is 19.9. The van der Waals surface area contributed by atoms with Crippen molar-refractivity contribution in [2.75, 3.05) is 66.1 Å². The standard InChI is InChI=1S/C24H34O11/c1-5-20(25)32-10-9-24(17-29-11-14-33-21(26)6-2,18-30-12-15-34-22(27)7-3)19-31-13-16-35-23(28)8-4/h5-8H,1-4,9-19H2. The topological polar surface area (TPSA) is 133 Å². The first-order valence-electron chi connectivity index (χ1n) is 10.7. The van der Waals surface area contributed by atoms with Crippen LogP contribution in [0.3, 0.4) is 0 Å². The van der Waals surface area contributed by atoms with E-state index >= 15 is 0 Å². The van der Waals surface area contributed by atoms with Gasteiger partial charge in [0.2, 0.25) is 0 Å². The number of carbonyl (C=O) groups excluding carboxylic acids is 4. The maximum absolute atomic E-state index is 11.5. The highest BCUT2D eigenvalue weighted by Crippen LogP contribution is 2.25. The first-order valence-corrected chi connectivity index (χ1v) is 10.7. The molecular formula is C24H34O11. The van der Waals surface area contributed by atoms with Gasteiger partial charge in [0.1, 0.15) is 19.8 Å². The molecule has 0 bridgehead atoms. The Bertz CT molecular complexity index is 640. The molecule has 0 rings (SSSR count). The van der Waals surface area contributed by atoms with Crippen molar-refractivity contribution in [3.05, 3.63) is 50.6 Å². The van der Waals surface area contributed by atoms with Crippen LogP contribution in [0.5, 0.6) is 0 Å². The molecule has 0 spiro atoms. The molecule has 0 aromatic carbocycles. The fourth-order valence-corrected chi connectivity index (χ4v) is 2.41. The molecule has 11 heteroatoms. The first kappa shape index (κ1) is 31.7. The number of esters is 4. The molecule has 0 aliphatic carbocycles. The maximum atomic E-state index is 11.5. The highest BCUT2D eigenvalue weighted by Gasteiger charge is 2.32. The van der Waals surface area contributed by atoms with Crippen LogP contribution in [0.4, 0.5) is 0 Å². The van der Waals surface area contributed by atoms with Crippen LogP contribution in [0.25, 0.3) is 0 Å². The number of hydrogen-bond acceptors (Lipinski definition) is 11. The van der Waals surface area contributed by atoms with Crippen LogP contribution >= 0.6 is 0 Å². The zero-order chi connectivity index (χ0) is 26.4. The number of ether oxygens (including phenoxy) is 7. The fraction of sp³-hybridized carbons (Fsp3) is 0.500. The van der Waals surface area contributed by atoms with Gasteiger partial charge in [-0.1, -0.05) is 26.3 Å². The monoisotopic (exact) mass is 498 g/mol. The molecule has 0 radical (unpaired) electrons. The van der Waals surface area contributed by atoms with Crippen molar-refractivity contribution in [1.29, 1.82) is 0 Å². The molecule has 0 aliphatic heterocycles. The Labute approximate surface area is 205 Å². The Morgan fingerprint density at radius 3 is 1.06 bits per heavy atom. The molecule has 0 atom stereocenters. The number of hydrogen-bond donors (Lipinski definition) is 0. The van der Waals surface area contributed by atoms with Crippen molar-refractivity contribution in [3.63, 3.8) is 0 Å². The molecule has 0 amide bonds. The quantitative estimate of drug-likeness (QED) is 0.0926. The summed E-state index contributed by atoms with van der Waals surface area (Å²) in [7, 11) is 0. The summed E-state index contributed by atoms with van der Waals surface area (Å²) in [6.45, 7) is 13.8. The van der Waals surface area contributed by atoms with Crippen molar-refractivity contribution in [1.82, 2.24) is 0 Å². The molecule has 0 fully saturated rings. The highest BCUT2D eigenvalue weighted by molar-refractivity contribution is 5.82. The van der Waals surface area contributed by atoms with E-state index in [0.29, 0.717) is 0 Å². The third-order valence-corrected chi connectivity index (χ3v) is 4.18. The molecule has 0 saturated heterocycles. The lowest BCUT2D eigenvalue weighted by atomic mass is 9.87. The zero-order valence-corrected chi connectivity index (χ0v) is 19.9. The van der Waals surface area contributed by atoms with Gasteiger partial charge in [-0.25, -0.2) is 19.2 Å². The van der Waals surface area contributed by atoms with Crippen LogP contribution in [-0.2, 0) is 52.3 Å². The third-order valence-electron chi connectivity index (χ3n) is 4.18. The largest absolute Gasteiger partial charge is 0.463 e. The average Bonchev–Trinajstić information content (AvgIpc) is 2.87. The van der Waals surface area contributed by atoms with Gasteiger partial charge >= 0.3 is 23.9 Å². The molecule has 0 heterocycles. The van der Waals surface area contributed by atoms with Crippen molar-refractivity contribution in [3.8, 4) is 0 Å². The Morgan fingerprint density at radius 2 is 0.771 bits per heavy atom. The van der Waals surface area contributed by atoms with Crippen molar-refractivity contribution in [2.24, 2.45) is 5.41 Å². The fourth-order valence-electron chi connectivity index (χ4n) is 2.41. The summed E-state index contributed by atoms with van der Waals surface area (Å²) in [6, 6.07) is 0. The molecule has 0 aromatic heterocycles. The van der Waals surface area contributed by atoms with E-state index in [0.717, 1.165) is 24.3 Å². The minimum atomic E-state index is -0.811. The second-order valence-corrected chi connectivity index (χ2v) is 6.89. The normalized spacial score (nSPS) is 10.5. The van der Waals surface area contributed by atoms with E-state index in [1.165, 1.54) is 0 Å². The summed E-state index contributed by atoms with van der Waals surface area (Å²) < 4.78 is 36.8. The molecule has 35 heavy (non-hydrogen) atoms. The van der Waals surface area contributed by atoms with Gasteiger partial charge in [0.25, 0.3) is 0 Å². The first-order chi connectivity index (χ1) is 16.8. The molecule has 0 aliphatic rings. The minimum absolute atomic E-state index is 0.00308. The van der Waals surface area contributed by atoms with E-state index in [2.05, 4.69) is 26.3 Å². The van der Waals surface area contributed by atoms with Gasteiger partial charge in [0.15, 0.2) is 0 Å². The highest BCUT2D eigenvalue weighted by atomic mass is 16.6. The molecule has 0 saturated carbocycles. The van der Waals surface area contributed by atoms with Crippen LogP contribution < -0.4 is 0 Å². The van der Waals surface area contributed by atoms with Gasteiger partial charge in [-0.05, 0) is 6.42 Å². The Morgan fingerprint density at radius 1 is 0.486 bits per heavy atom. The average molecular weight is 499 g/mol. The SMILES string of the molecule is C=CC(=O)OCCOCC(CCOC(=O)C=C)(COCCOC(=O)C=C)COCCOC(=O)C=C. The number of rotatable bonds is 22.